The Kier molecular flexibility index (Phi) is 6.88. The molecule has 170 valence electrons. The molecule has 0 radical (unpaired) electrons. The summed E-state index contributed by atoms with van der Waals surface area (Å²) in [5, 5.41) is 0.959. The van der Waals surface area contributed by atoms with Crippen molar-refractivity contribution in [3.05, 3.63) is 83.4 Å². The Morgan fingerprint density at radius 3 is 2.58 bits per heavy atom. The van der Waals surface area contributed by atoms with Gasteiger partial charge in [-0.25, -0.2) is 22.9 Å². The number of nitrogens with zero attached hydrogens (tertiary/aromatic N) is 1. The van der Waals surface area contributed by atoms with Gasteiger partial charge in [-0.05, 0) is 48.2 Å². The number of carbonyl (C=O) groups is 1. The maximum Gasteiger partial charge on any atom is 0.338 e. The van der Waals surface area contributed by atoms with Crippen LogP contribution in [0.25, 0.3) is 20.8 Å². The van der Waals surface area contributed by atoms with Crippen LogP contribution >= 0.6 is 11.3 Å². The van der Waals surface area contributed by atoms with E-state index in [1.807, 2.05) is 55.5 Å². The monoisotopic (exact) mass is 480 g/mol. The normalized spacial score (nSPS) is 11.6. The molecular formula is C25H24N2O4S2. The van der Waals surface area contributed by atoms with Gasteiger partial charge in [0.25, 0.3) is 0 Å². The van der Waals surface area contributed by atoms with E-state index >= 15 is 0 Å². The Labute approximate surface area is 197 Å². The van der Waals surface area contributed by atoms with Crippen molar-refractivity contribution in [2.24, 2.45) is 0 Å². The summed E-state index contributed by atoms with van der Waals surface area (Å²) in [5.74, 6) is -0.546. The number of aryl methyl sites for hydroxylation is 1. The van der Waals surface area contributed by atoms with Gasteiger partial charge in [-0.15, -0.1) is 11.3 Å². The lowest BCUT2D eigenvalue weighted by molar-refractivity contribution is 0.0599. The van der Waals surface area contributed by atoms with Gasteiger partial charge in [-0.2, -0.15) is 0 Å². The number of hydrogen-bond donors (Lipinski definition) is 1. The zero-order valence-electron chi connectivity index (χ0n) is 18.4. The topological polar surface area (TPSA) is 85.4 Å². The van der Waals surface area contributed by atoms with Crippen LogP contribution < -0.4 is 4.72 Å². The highest BCUT2D eigenvalue weighted by molar-refractivity contribution is 7.89. The van der Waals surface area contributed by atoms with Crippen molar-refractivity contribution in [3.8, 4) is 10.6 Å². The predicted molar refractivity (Wildman–Crippen MR) is 131 cm³/mol. The molecule has 0 aliphatic carbocycles. The van der Waals surface area contributed by atoms with Crippen LogP contribution in [-0.4, -0.2) is 33.0 Å². The van der Waals surface area contributed by atoms with E-state index < -0.39 is 16.0 Å². The second-order valence-electron chi connectivity index (χ2n) is 7.50. The molecule has 0 amide bonds. The Morgan fingerprint density at radius 2 is 1.85 bits per heavy atom. The van der Waals surface area contributed by atoms with E-state index in [2.05, 4.69) is 4.72 Å². The number of hydrogen-bond acceptors (Lipinski definition) is 6. The fourth-order valence-electron chi connectivity index (χ4n) is 3.58. The van der Waals surface area contributed by atoms with E-state index in [1.165, 1.54) is 19.2 Å². The van der Waals surface area contributed by atoms with Gasteiger partial charge in [0.15, 0.2) is 0 Å². The van der Waals surface area contributed by atoms with Crippen LogP contribution in [0, 0.1) is 0 Å². The minimum atomic E-state index is -3.77. The zero-order valence-corrected chi connectivity index (χ0v) is 20.0. The van der Waals surface area contributed by atoms with Gasteiger partial charge < -0.3 is 4.74 Å². The maximum atomic E-state index is 12.8. The van der Waals surface area contributed by atoms with Gasteiger partial charge in [0.05, 0.1) is 27.8 Å². The fourth-order valence-corrected chi connectivity index (χ4v) is 5.59. The Bertz CT molecular complexity index is 1400. The van der Waals surface area contributed by atoms with Crippen LogP contribution in [0.1, 0.15) is 28.4 Å². The van der Waals surface area contributed by atoms with E-state index in [0.29, 0.717) is 12.8 Å². The first kappa shape index (κ1) is 23.1. The van der Waals surface area contributed by atoms with Crippen molar-refractivity contribution >= 4 is 37.5 Å². The standard InChI is InChI=1S/C25H24N2O4S2/c1-3-18-10-11-20(16-21(18)25(28)31-2)33(29,30)26-14-13-17-9-12-23-22(15-17)27-24(32-23)19-7-5-4-6-8-19/h4-12,15-16,26H,3,13-14H2,1-2H3. The van der Waals surface area contributed by atoms with Gasteiger partial charge in [-0.3, -0.25) is 0 Å². The first-order valence-electron chi connectivity index (χ1n) is 10.6. The molecule has 0 bridgehead atoms. The average molecular weight is 481 g/mol. The fraction of sp³-hybridized carbons (Fsp3) is 0.200. The van der Waals surface area contributed by atoms with Gasteiger partial charge >= 0.3 is 5.97 Å². The highest BCUT2D eigenvalue weighted by Gasteiger charge is 2.19. The lowest BCUT2D eigenvalue weighted by Gasteiger charge is -2.11. The molecule has 8 heteroatoms. The number of esters is 1. The molecule has 0 atom stereocenters. The van der Waals surface area contributed by atoms with Crippen molar-refractivity contribution in [3.63, 3.8) is 0 Å². The molecule has 0 saturated carbocycles. The number of carbonyl (C=O) groups excluding carboxylic acids is 1. The Balaban J connectivity index is 1.47. The number of aromatic nitrogens is 1. The summed E-state index contributed by atoms with van der Waals surface area (Å²) in [6.07, 6.45) is 1.12. The van der Waals surface area contributed by atoms with Crippen LogP contribution in [0.3, 0.4) is 0 Å². The number of sulfonamides is 1. The highest BCUT2D eigenvalue weighted by atomic mass is 32.2. The third-order valence-electron chi connectivity index (χ3n) is 5.36. The molecule has 0 aliphatic heterocycles. The molecule has 4 rings (SSSR count). The first-order valence-corrected chi connectivity index (χ1v) is 12.9. The SMILES string of the molecule is CCc1ccc(S(=O)(=O)NCCc2ccc3sc(-c4ccccc4)nc3c2)cc1C(=O)OC. The second kappa shape index (κ2) is 9.82. The molecule has 0 fully saturated rings. The van der Waals surface area contributed by atoms with Crippen molar-refractivity contribution in [1.29, 1.82) is 0 Å². The number of nitrogens with one attached hydrogen (secondary N) is 1. The van der Waals surface area contributed by atoms with E-state index in [0.717, 1.165) is 31.9 Å². The third-order valence-corrected chi connectivity index (χ3v) is 7.90. The molecule has 0 aliphatic rings. The molecule has 6 nitrogen and oxygen atoms in total. The van der Waals surface area contributed by atoms with Crippen molar-refractivity contribution in [1.82, 2.24) is 9.71 Å². The quantitative estimate of drug-likeness (QED) is 0.365. The number of benzene rings is 3. The molecule has 3 aromatic carbocycles. The van der Waals surface area contributed by atoms with E-state index in [-0.39, 0.29) is 17.0 Å². The molecule has 1 aromatic heterocycles. The van der Waals surface area contributed by atoms with Gasteiger partial charge in [0.1, 0.15) is 5.01 Å². The predicted octanol–water partition coefficient (Wildman–Crippen LogP) is 4.83. The van der Waals surface area contributed by atoms with Crippen LogP contribution in [0.5, 0.6) is 0 Å². The summed E-state index contributed by atoms with van der Waals surface area (Å²) in [4.78, 5) is 16.8. The van der Waals surface area contributed by atoms with Crippen LogP contribution in [0.15, 0.2) is 71.6 Å². The van der Waals surface area contributed by atoms with Crippen LogP contribution in [-0.2, 0) is 27.6 Å². The lowest BCUT2D eigenvalue weighted by Crippen LogP contribution is -2.26. The molecule has 0 spiro atoms. The van der Waals surface area contributed by atoms with Gasteiger partial charge in [-0.1, -0.05) is 49.4 Å². The highest BCUT2D eigenvalue weighted by Crippen LogP contribution is 2.30. The largest absolute Gasteiger partial charge is 0.465 e. The summed E-state index contributed by atoms with van der Waals surface area (Å²) in [6.45, 7) is 2.13. The summed E-state index contributed by atoms with van der Waals surface area (Å²) >= 11 is 1.63. The second-order valence-corrected chi connectivity index (χ2v) is 10.3. The number of fused-ring (bicyclic) bond motifs is 1. The van der Waals surface area contributed by atoms with E-state index in [4.69, 9.17) is 9.72 Å². The number of methoxy groups -OCH3 is 1. The number of thiazole rings is 1. The van der Waals surface area contributed by atoms with Crippen molar-refractivity contribution < 1.29 is 17.9 Å². The van der Waals surface area contributed by atoms with Crippen LogP contribution in [0.2, 0.25) is 0 Å². The molecule has 4 aromatic rings. The lowest BCUT2D eigenvalue weighted by atomic mass is 10.1. The van der Waals surface area contributed by atoms with Gasteiger partial charge in [0, 0.05) is 12.1 Å². The minimum absolute atomic E-state index is 0.0440. The van der Waals surface area contributed by atoms with Crippen LogP contribution in [0.4, 0.5) is 0 Å². The molecule has 1 N–H and O–H groups in total. The summed E-state index contributed by atoms with van der Waals surface area (Å²) in [5.41, 5.74) is 3.98. The molecule has 1 heterocycles. The summed E-state index contributed by atoms with van der Waals surface area (Å²) in [7, 11) is -2.48. The Morgan fingerprint density at radius 1 is 1.06 bits per heavy atom. The number of ether oxygens (including phenoxy) is 1. The summed E-state index contributed by atoms with van der Waals surface area (Å²) < 4.78 is 34.1. The zero-order chi connectivity index (χ0) is 23.4. The third kappa shape index (κ3) is 5.13. The van der Waals surface area contributed by atoms with E-state index in [9.17, 15) is 13.2 Å². The smallest absolute Gasteiger partial charge is 0.338 e. The number of rotatable bonds is 8. The minimum Gasteiger partial charge on any atom is -0.465 e. The molecule has 0 saturated heterocycles. The van der Waals surface area contributed by atoms with Crippen molar-refractivity contribution in [2.75, 3.05) is 13.7 Å². The van der Waals surface area contributed by atoms with E-state index in [1.54, 1.807) is 17.4 Å². The van der Waals surface area contributed by atoms with Gasteiger partial charge in [0.2, 0.25) is 10.0 Å². The summed E-state index contributed by atoms with van der Waals surface area (Å²) in [6, 6.07) is 20.6. The Hall–Kier alpha value is -3.07. The van der Waals surface area contributed by atoms with Crippen molar-refractivity contribution in [2.45, 2.75) is 24.7 Å². The molecule has 0 unspecified atom stereocenters. The maximum absolute atomic E-state index is 12.8. The average Bonchev–Trinajstić information content (AvgIpc) is 3.27. The molecule has 33 heavy (non-hydrogen) atoms. The first-order chi connectivity index (χ1) is 15.9. The molecular weight excluding hydrogens is 456 g/mol.